The van der Waals surface area contributed by atoms with Crippen LogP contribution in [0.2, 0.25) is 10.0 Å². The summed E-state index contributed by atoms with van der Waals surface area (Å²) in [7, 11) is 0.979. The number of aromatic hydroxyl groups is 4. The molecule has 7 atom stereocenters. The molecule has 28 heteroatoms. The highest BCUT2D eigenvalue weighted by Crippen LogP contribution is 2.47. The lowest BCUT2D eigenvalue weighted by Gasteiger charge is -2.31. The molecule has 480 valence electrons. The van der Waals surface area contributed by atoms with E-state index in [-0.39, 0.29) is 93.3 Å². The molecule has 11 rings (SSSR count). The number of hydrogen-bond acceptors (Lipinski definition) is 19. The number of aliphatic hydroxyl groups is 1. The van der Waals surface area contributed by atoms with Crippen LogP contribution in [0, 0.1) is 0 Å². The Morgan fingerprint density at radius 2 is 1.44 bits per heavy atom. The molecular weight excluding hydrogens is 1250 g/mol. The third-order valence-corrected chi connectivity index (χ3v) is 15.6. The zero-order valence-electron chi connectivity index (χ0n) is 48.8. The minimum absolute atomic E-state index is 0.0788. The molecule has 0 radical (unpaired) electrons. The molecule has 8 aromatic rings. The molecule has 3 aliphatic heterocycles. The minimum Gasteiger partial charge on any atom is -0.508 e. The lowest BCUT2D eigenvalue weighted by molar-refractivity contribution is -0.146. The van der Waals surface area contributed by atoms with Crippen LogP contribution in [-0.4, -0.2) is 107 Å². The van der Waals surface area contributed by atoms with E-state index in [4.69, 9.17) is 52.6 Å². The molecule has 3 aliphatic rings. The van der Waals surface area contributed by atoms with Crippen molar-refractivity contribution in [3.05, 3.63) is 207 Å². The van der Waals surface area contributed by atoms with E-state index in [0.717, 1.165) is 55.1 Å². The highest BCUT2D eigenvalue weighted by Gasteiger charge is 2.40. The quantitative estimate of drug-likeness (QED) is 0.0416. The van der Waals surface area contributed by atoms with Gasteiger partial charge in [-0.25, -0.2) is 19.4 Å². The van der Waals surface area contributed by atoms with Crippen molar-refractivity contribution < 1.29 is 87.9 Å². The number of ether oxygens (including phenoxy) is 5. The van der Waals surface area contributed by atoms with Gasteiger partial charge in [0, 0.05) is 41.8 Å². The number of aromatic nitrogens is 2. The molecule has 13 N–H and O–H groups in total. The number of carboxylic acids is 1. The summed E-state index contributed by atoms with van der Waals surface area (Å²) in [5.41, 5.74) is 7.18. The van der Waals surface area contributed by atoms with Crippen LogP contribution in [0.3, 0.4) is 0 Å². The fourth-order valence-corrected chi connectivity index (χ4v) is 10.7. The van der Waals surface area contributed by atoms with E-state index in [0.29, 0.717) is 11.3 Å². The average molecular weight is 1310 g/mol. The van der Waals surface area contributed by atoms with Crippen LogP contribution < -0.4 is 41.8 Å². The van der Waals surface area contributed by atoms with Crippen LogP contribution >= 0.6 is 23.2 Å². The summed E-state index contributed by atoms with van der Waals surface area (Å²) in [4.78, 5) is 103. The van der Waals surface area contributed by atoms with Crippen LogP contribution in [0.1, 0.15) is 68.9 Å². The molecule has 5 amide bonds. The topological polar surface area (TPSA) is 391 Å². The van der Waals surface area contributed by atoms with Gasteiger partial charge < -0.3 is 91.2 Å². The third kappa shape index (κ3) is 15.3. The van der Waals surface area contributed by atoms with Gasteiger partial charge in [-0.3, -0.25) is 19.2 Å². The predicted octanol–water partition coefficient (Wildman–Crippen LogP) is 6.82. The van der Waals surface area contributed by atoms with Crippen LogP contribution in [0.25, 0.3) is 11.1 Å². The van der Waals surface area contributed by atoms with Crippen molar-refractivity contribution >= 4 is 64.9 Å². The van der Waals surface area contributed by atoms with Gasteiger partial charge in [-0.1, -0.05) is 102 Å². The van der Waals surface area contributed by atoms with Gasteiger partial charge in [0.15, 0.2) is 17.5 Å². The van der Waals surface area contributed by atoms with Crippen molar-refractivity contribution in [2.75, 3.05) is 7.11 Å². The number of hydrogen-bond donors (Lipinski definition) is 12. The molecule has 26 nitrogen and oxygen atoms in total. The first-order valence-corrected chi connectivity index (χ1v) is 29.1. The first-order chi connectivity index (χ1) is 44.6. The van der Waals surface area contributed by atoms with Crippen molar-refractivity contribution in [1.82, 2.24) is 36.1 Å². The van der Waals surface area contributed by atoms with E-state index < -0.39 is 119 Å². The Kier molecular flexibility index (Phi) is 19.9. The molecule has 1 aromatic heterocycles. The molecule has 0 saturated carbocycles. The molecule has 0 saturated heterocycles. The van der Waals surface area contributed by atoms with Gasteiger partial charge in [0.25, 0.3) is 0 Å². The number of benzene rings is 7. The highest BCUT2D eigenvalue weighted by molar-refractivity contribution is 6.32. The number of aliphatic hydroxyl groups excluding tert-OH is 1. The van der Waals surface area contributed by atoms with Crippen molar-refractivity contribution in [2.45, 2.75) is 75.1 Å². The smallest absolute Gasteiger partial charge is 0.408 e. The first kappa shape index (κ1) is 65.1. The van der Waals surface area contributed by atoms with Gasteiger partial charge >= 0.3 is 18.0 Å². The maximum atomic E-state index is 15.5. The number of phenolic OH excluding ortho intramolecular Hbond substituents is 4. The van der Waals surface area contributed by atoms with Crippen LogP contribution in [0.5, 0.6) is 46.0 Å². The van der Waals surface area contributed by atoms with E-state index in [1.165, 1.54) is 42.7 Å². The van der Waals surface area contributed by atoms with E-state index >= 15 is 9.59 Å². The summed E-state index contributed by atoms with van der Waals surface area (Å²) in [6.07, 6.45) is -0.530. The molecular formula is C65H58Cl2N8O18. The molecule has 0 unspecified atom stereocenters. The second-order valence-corrected chi connectivity index (χ2v) is 22.3. The van der Waals surface area contributed by atoms with Crippen molar-refractivity contribution in [1.29, 1.82) is 0 Å². The van der Waals surface area contributed by atoms with Gasteiger partial charge in [0.2, 0.25) is 29.4 Å². The number of rotatable bonds is 17. The SMILES string of the molecule is COC(=O)[C@@H]1NC(=O)[C@H]2NC(=O)[C@H](NC(=O)[C@H](NC(=O)[C@@H](N)Cc3cn(COCc4ccccc4)cn3)c3cc(Oc4ccc(C[C@@H](NC(=O)OCc5ccccc5)C(=O)O)cc4Cl)c(O)c(c3)Oc3ccc(cc3Cl)[C@H]2O)c2ccc(O)c(c2)-c2c(O)cc(O)cc21. The fourth-order valence-electron chi connectivity index (χ4n) is 10.3. The molecule has 7 aromatic carbocycles. The number of amides is 5. The number of nitrogens with zero attached hydrogens (tertiary/aromatic N) is 2. The molecule has 0 spiro atoms. The summed E-state index contributed by atoms with van der Waals surface area (Å²) in [6, 6.07) is 22.3. The number of carboxylic acid groups (broad SMARTS) is 1. The third-order valence-electron chi connectivity index (χ3n) is 15.0. The summed E-state index contributed by atoms with van der Waals surface area (Å²) >= 11 is 13.7. The number of methoxy groups -OCH3 is 1. The zero-order valence-corrected chi connectivity index (χ0v) is 50.3. The lowest BCUT2D eigenvalue weighted by Crippen LogP contribution is -2.55. The first-order valence-electron chi connectivity index (χ1n) is 28.4. The number of phenols is 4. The second kappa shape index (κ2) is 28.5. The number of carbonyl (C=O) groups excluding carboxylic acids is 6. The number of nitrogens with two attached hydrogens (primary N) is 1. The average Bonchev–Trinajstić information content (AvgIpc) is 1.44. The Morgan fingerprint density at radius 1 is 0.720 bits per heavy atom. The van der Waals surface area contributed by atoms with Gasteiger partial charge in [-0.05, 0) is 88.0 Å². The van der Waals surface area contributed by atoms with Crippen molar-refractivity contribution in [3.8, 4) is 57.1 Å². The lowest BCUT2D eigenvalue weighted by atomic mass is 9.89. The molecule has 0 fully saturated rings. The van der Waals surface area contributed by atoms with Gasteiger partial charge in [0.1, 0.15) is 72.4 Å². The Labute approximate surface area is 538 Å². The molecule has 4 heterocycles. The van der Waals surface area contributed by atoms with Crippen LogP contribution in [0.15, 0.2) is 152 Å². The molecule has 0 aliphatic carbocycles. The number of esters is 1. The highest BCUT2D eigenvalue weighted by atomic mass is 35.5. The number of aliphatic carboxylic acids is 1. The monoisotopic (exact) mass is 1310 g/mol. The number of carbonyl (C=O) groups is 7. The summed E-state index contributed by atoms with van der Waals surface area (Å²) in [5, 5.41) is 80.2. The number of nitrogens with one attached hydrogen (secondary N) is 5. The molecule has 8 bridgehead atoms. The zero-order chi connectivity index (χ0) is 66.2. The standard InChI is InChI=1S/C65H58Cl2N8O18/c1-89-64(87)55-41-25-39(76)26-47(78)52(41)40-20-35(13-15-46(40)77)53-60(82)74-56(62(84)73-55)57(79)36-14-17-49(43(67)21-36)93-51-23-37(54(61(83)72-53)71-59(81)44(68)24-38-27-75(30-69-38)31-90-28-32-8-4-2-5-9-32)22-50(58(51)80)92-48-16-12-34(18-42(48)66)19-45(63(85)86)70-65(88)91-29-33-10-6-3-7-11-33/h2-18,20-23,25-27,30,44-45,53-57,76-80H,19,24,28-29,31,68H2,1H3,(H,70,88)(H,71,81)(H,72,83)(H,73,84)(H,74,82)(H,85,86)/t44-,45+,53+,54+,55+,56-,57+/m0/s1. The normalized spacial score (nSPS) is 17.5. The Bertz CT molecular complexity index is 4180. The van der Waals surface area contributed by atoms with E-state index in [1.54, 1.807) is 41.1 Å². The van der Waals surface area contributed by atoms with Crippen molar-refractivity contribution in [2.24, 2.45) is 5.73 Å². The van der Waals surface area contributed by atoms with Crippen LogP contribution in [-0.2, 0) is 75.8 Å². The predicted molar refractivity (Wildman–Crippen MR) is 330 cm³/mol. The number of imidazole rings is 1. The fraction of sp³-hybridized carbons (Fsp3) is 0.200. The number of alkyl carbamates (subject to hydrolysis) is 1. The summed E-state index contributed by atoms with van der Waals surface area (Å²) in [5.74, 6) is -11.4. The van der Waals surface area contributed by atoms with E-state index in [2.05, 4.69) is 31.6 Å². The maximum absolute atomic E-state index is 15.5. The summed E-state index contributed by atoms with van der Waals surface area (Å²) < 4.78 is 30.2. The van der Waals surface area contributed by atoms with E-state index in [9.17, 15) is 54.6 Å². The number of halogens is 2. The van der Waals surface area contributed by atoms with Gasteiger partial charge in [0.05, 0.1) is 41.8 Å². The largest absolute Gasteiger partial charge is 0.508 e. The second-order valence-electron chi connectivity index (χ2n) is 21.5. The van der Waals surface area contributed by atoms with Gasteiger partial charge in [-0.15, -0.1) is 0 Å². The van der Waals surface area contributed by atoms with Gasteiger partial charge in [-0.2, -0.15) is 0 Å². The maximum Gasteiger partial charge on any atom is 0.408 e. The Balaban J connectivity index is 1.05. The Morgan fingerprint density at radius 3 is 2.14 bits per heavy atom. The minimum atomic E-state index is -2.10. The van der Waals surface area contributed by atoms with Crippen molar-refractivity contribution in [3.63, 3.8) is 0 Å². The van der Waals surface area contributed by atoms with Crippen LogP contribution in [0.4, 0.5) is 4.79 Å². The molecule has 93 heavy (non-hydrogen) atoms. The number of fused-ring (bicyclic) bond motifs is 8. The van der Waals surface area contributed by atoms with E-state index in [1.807, 2.05) is 30.3 Å². The Hall–Kier alpha value is -10.9. The summed E-state index contributed by atoms with van der Waals surface area (Å²) in [6.45, 7) is 0.230.